The molecule has 0 fully saturated rings. The van der Waals surface area contributed by atoms with Crippen molar-refractivity contribution >= 4 is 22.1 Å². The molecule has 3 aromatic rings. The van der Waals surface area contributed by atoms with Gasteiger partial charge in [-0.3, -0.25) is 4.21 Å². The standard InChI is InChI=1S/C17H16FNO2S2/c1-11-15(19-17(21-11)16-4-3-9-22-16)10-23(20)12(2)13-5-7-14(18)8-6-13/h3-9,12H,10H2,1-2H3. The number of rotatable bonds is 5. The fraction of sp³-hybridized carbons (Fsp3) is 0.235. The van der Waals surface area contributed by atoms with Crippen molar-refractivity contribution in [3.63, 3.8) is 0 Å². The first kappa shape index (κ1) is 16.1. The SMILES string of the molecule is Cc1oc(-c2cccs2)nc1CS(=O)C(C)c1ccc(F)cc1. The summed E-state index contributed by atoms with van der Waals surface area (Å²) in [7, 11) is -1.16. The van der Waals surface area contributed by atoms with Crippen LogP contribution in [0.25, 0.3) is 10.8 Å². The molecule has 23 heavy (non-hydrogen) atoms. The number of aromatic nitrogens is 1. The molecule has 2 unspecified atom stereocenters. The van der Waals surface area contributed by atoms with E-state index in [1.807, 2.05) is 31.4 Å². The molecule has 0 aliphatic heterocycles. The fourth-order valence-electron chi connectivity index (χ4n) is 2.21. The molecular weight excluding hydrogens is 333 g/mol. The van der Waals surface area contributed by atoms with Crippen molar-refractivity contribution in [2.24, 2.45) is 0 Å². The molecule has 0 aliphatic carbocycles. The maximum atomic E-state index is 13.0. The van der Waals surface area contributed by atoms with E-state index in [9.17, 15) is 8.60 Å². The summed E-state index contributed by atoms with van der Waals surface area (Å²) in [6, 6.07) is 10.00. The van der Waals surface area contributed by atoms with Crippen molar-refractivity contribution in [1.82, 2.24) is 4.98 Å². The Morgan fingerprint density at radius 2 is 2.04 bits per heavy atom. The normalized spacial score (nSPS) is 13.9. The molecular formula is C17H16FNO2S2. The number of aryl methyl sites for hydroxylation is 1. The van der Waals surface area contributed by atoms with E-state index >= 15 is 0 Å². The van der Waals surface area contributed by atoms with Crippen LogP contribution in [0.4, 0.5) is 4.39 Å². The Balaban J connectivity index is 1.76. The lowest BCUT2D eigenvalue weighted by Crippen LogP contribution is -2.06. The lowest BCUT2D eigenvalue weighted by atomic mass is 10.2. The van der Waals surface area contributed by atoms with Crippen molar-refractivity contribution in [1.29, 1.82) is 0 Å². The zero-order valence-electron chi connectivity index (χ0n) is 12.8. The first-order chi connectivity index (χ1) is 11.0. The number of hydrogen-bond acceptors (Lipinski definition) is 4. The highest BCUT2D eigenvalue weighted by atomic mass is 32.2. The van der Waals surface area contributed by atoms with Crippen LogP contribution in [-0.4, -0.2) is 9.19 Å². The summed E-state index contributed by atoms with van der Waals surface area (Å²) < 4.78 is 31.3. The molecule has 120 valence electrons. The lowest BCUT2D eigenvalue weighted by Gasteiger charge is -2.11. The average Bonchev–Trinajstić information content (AvgIpc) is 3.18. The zero-order valence-corrected chi connectivity index (χ0v) is 14.4. The fourth-order valence-corrected chi connectivity index (χ4v) is 4.11. The summed E-state index contributed by atoms with van der Waals surface area (Å²) >= 11 is 1.55. The van der Waals surface area contributed by atoms with E-state index in [2.05, 4.69) is 4.98 Å². The van der Waals surface area contributed by atoms with Gasteiger partial charge in [-0.15, -0.1) is 11.3 Å². The predicted molar refractivity (Wildman–Crippen MR) is 91.2 cm³/mol. The summed E-state index contributed by atoms with van der Waals surface area (Å²) in [5.41, 5.74) is 1.56. The highest BCUT2D eigenvalue weighted by molar-refractivity contribution is 7.84. The predicted octanol–water partition coefficient (Wildman–Crippen LogP) is 4.86. The molecule has 0 bridgehead atoms. The van der Waals surface area contributed by atoms with Gasteiger partial charge in [-0.25, -0.2) is 9.37 Å². The van der Waals surface area contributed by atoms with E-state index in [1.165, 1.54) is 12.1 Å². The van der Waals surface area contributed by atoms with Gasteiger partial charge in [-0.1, -0.05) is 18.2 Å². The summed E-state index contributed by atoms with van der Waals surface area (Å²) in [4.78, 5) is 5.43. The smallest absolute Gasteiger partial charge is 0.236 e. The van der Waals surface area contributed by atoms with Crippen LogP contribution in [0.2, 0.25) is 0 Å². The van der Waals surface area contributed by atoms with Crippen LogP contribution in [0.1, 0.15) is 29.2 Å². The molecule has 0 saturated carbocycles. The first-order valence-corrected chi connectivity index (χ1v) is 9.43. The summed E-state index contributed by atoms with van der Waals surface area (Å²) in [5.74, 6) is 1.28. The van der Waals surface area contributed by atoms with Crippen molar-refractivity contribution in [3.05, 3.63) is 64.6 Å². The molecule has 0 N–H and O–H groups in total. The van der Waals surface area contributed by atoms with E-state index in [0.717, 1.165) is 10.4 Å². The van der Waals surface area contributed by atoms with Crippen LogP contribution >= 0.6 is 11.3 Å². The second kappa shape index (κ2) is 6.76. The van der Waals surface area contributed by atoms with Gasteiger partial charge in [-0.2, -0.15) is 0 Å². The van der Waals surface area contributed by atoms with Crippen LogP contribution in [0.5, 0.6) is 0 Å². The van der Waals surface area contributed by atoms with Crippen LogP contribution in [0.3, 0.4) is 0 Å². The third kappa shape index (κ3) is 3.59. The van der Waals surface area contributed by atoms with E-state index in [4.69, 9.17) is 4.42 Å². The Bertz CT molecular complexity index is 810. The van der Waals surface area contributed by atoms with Gasteiger partial charge in [0.25, 0.3) is 0 Å². The van der Waals surface area contributed by atoms with Crippen LogP contribution in [-0.2, 0) is 16.6 Å². The largest absolute Gasteiger partial charge is 0.440 e. The number of thiophene rings is 1. The molecule has 0 radical (unpaired) electrons. The van der Waals surface area contributed by atoms with Crippen molar-refractivity contribution in [2.45, 2.75) is 24.9 Å². The minimum Gasteiger partial charge on any atom is -0.440 e. The van der Waals surface area contributed by atoms with E-state index in [0.29, 0.717) is 23.1 Å². The van der Waals surface area contributed by atoms with Gasteiger partial charge >= 0.3 is 0 Å². The average molecular weight is 349 g/mol. The van der Waals surface area contributed by atoms with Gasteiger partial charge < -0.3 is 4.42 Å². The highest BCUT2D eigenvalue weighted by Gasteiger charge is 2.19. The highest BCUT2D eigenvalue weighted by Crippen LogP contribution is 2.28. The van der Waals surface area contributed by atoms with Crippen LogP contribution in [0.15, 0.2) is 46.2 Å². The zero-order chi connectivity index (χ0) is 16.4. The summed E-state index contributed by atoms with van der Waals surface area (Å²) in [6.07, 6.45) is 0. The molecule has 3 rings (SSSR count). The number of nitrogens with zero attached hydrogens (tertiary/aromatic N) is 1. The minimum absolute atomic E-state index is 0.197. The molecule has 2 heterocycles. The first-order valence-electron chi connectivity index (χ1n) is 7.17. The Kier molecular flexibility index (Phi) is 4.73. The topological polar surface area (TPSA) is 43.1 Å². The Hall–Kier alpha value is -1.79. The second-order valence-electron chi connectivity index (χ2n) is 5.22. The molecule has 0 aliphatic rings. The van der Waals surface area contributed by atoms with Crippen LogP contribution in [0, 0.1) is 12.7 Å². The molecule has 1 aromatic carbocycles. The third-order valence-corrected chi connectivity index (χ3v) is 6.11. The van der Waals surface area contributed by atoms with Gasteiger partial charge in [0.15, 0.2) is 0 Å². The maximum Gasteiger partial charge on any atom is 0.236 e. The molecule has 0 amide bonds. The molecule has 0 spiro atoms. The van der Waals surface area contributed by atoms with Gasteiger partial charge in [0.1, 0.15) is 11.6 Å². The van der Waals surface area contributed by atoms with Crippen molar-refractivity contribution < 1.29 is 13.0 Å². The summed E-state index contributed by atoms with van der Waals surface area (Å²) in [5, 5.41) is 1.76. The van der Waals surface area contributed by atoms with E-state index in [-0.39, 0.29) is 11.1 Å². The van der Waals surface area contributed by atoms with Gasteiger partial charge in [0.2, 0.25) is 5.89 Å². The lowest BCUT2D eigenvalue weighted by molar-refractivity contribution is 0.541. The van der Waals surface area contributed by atoms with Crippen molar-refractivity contribution in [3.8, 4) is 10.8 Å². The maximum absolute atomic E-state index is 13.0. The molecule has 2 atom stereocenters. The second-order valence-corrected chi connectivity index (χ2v) is 7.92. The van der Waals surface area contributed by atoms with Crippen LogP contribution < -0.4 is 0 Å². The Labute approximate surface area is 140 Å². The molecule has 2 aromatic heterocycles. The monoisotopic (exact) mass is 349 g/mol. The number of hydrogen-bond donors (Lipinski definition) is 0. The number of halogens is 1. The Morgan fingerprint density at radius 3 is 2.70 bits per heavy atom. The molecule has 0 saturated heterocycles. The van der Waals surface area contributed by atoms with E-state index < -0.39 is 10.8 Å². The third-order valence-electron chi connectivity index (χ3n) is 3.64. The Morgan fingerprint density at radius 1 is 1.30 bits per heavy atom. The number of oxazole rings is 1. The summed E-state index contributed by atoms with van der Waals surface area (Å²) in [6.45, 7) is 3.71. The minimum atomic E-state index is -1.16. The number of benzene rings is 1. The van der Waals surface area contributed by atoms with E-state index in [1.54, 1.807) is 23.5 Å². The van der Waals surface area contributed by atoms with Gasteiger partial charge in [-0.05, 0) is 43.0 Å². The quantitative estimate of drug-likeness (QED) is 0.660. The van der Waals surface area contributed by atoms with Gasteiger partial charge in [0, 0.05) is 10.8 Å². The molecule has 6 heteroatoms. The van der Waals surface area contributed by atoms with Gasteiger partial charge in [0.05, 0.1) is 21.6 Å². The van der Waals surface area contributed by atoms with Crippen molar-refractivity contribution in [2.75, 3.05) is 0 Å². The molecule has 3 nitrogen and oxygen atoms in total.